The molecule has 3 aromatic carbocycles. The molecule has 0 aromatic heterocycles. The maximum Gasteiger partial charge on any atom is 0.271 e. The van der Waals surface area contributed by atoms with E-state index in [2.05, 4.69) is 47.8 Å². The Hall–Kier alpha value is -1.87. The van der Waals surface area contributed by atoms with Crippen LogP contribution in [0.4, 0.5) is 11.4 Å². The number of amidine groups is 1. The average molecular weight is 637 g/mol. The first-order chi connectivity index (χ1) is 15.3. The van der Waals surface area contributed by atoms with Gasteiger partial charge in [0, 0.05) is 10.0 Å². The van der Waals surface area contributed by atoms with Crippen molar-refractivity contribution in [1.82, 2.24) is 0 Å². The minimum atomic E-state index is -0.169. The number of carbonyl (C=O) groups excluding carboxylic acids is 1. The molecule has 162 valence electrons. The lowest BCUT2D eigenvalue weighted by molar-refractivity contribution is -0.113. The van der Waals surface area contributed by atoms with Crippen molar-refractivity contribution in [1.29, 1.82) is 0 Å². The van der Waals surface area contributed by atoms with Gasteiger partial charge in [0.1, 0.15) is 5.75 Å². The minimum absolute atomic E-state index is 0.0695. The Morgan fingerprint density at radius 3 is 2.31 bits per heavy atom. The molecule has 1 aliphatic rings. The molecular formula is C24H17Br3N2O2S. The van der Waals surface area contributed by atoms with Crippen LogP contribution in [-0.4, -0.2) is 16.2 Å². The molecule has 0 atom stereocenters. The molecule has 0 spiro atoms. The van der Waals surface area contributed by atoms with E-state index in [1.165, 1.54) is 11.8 Å². The van der Waals surface area contributed by atoms with Crippen molar-refractivity contribution >= 4 is 88.1 Å². The number of phenolic OH excluding ortho intramolecular Hbond substituents is 1. The van der Waals surface area contributed by atoms with E-state index in [1.807, 2.05) is 62.4 Å². The van der Waals surface area contributed by atoms with E-state index in [1.54, 1.807) is 17.0 Å². The Morgan fingerprint density at radius 2 is 1.62 bits per heavy atom. The lowest BCUT2D eigenvalue weighted by Crippen LogP contribution is -2.29. The average Bonchev–Trinajstić information content (AvgIpc) is 3.06. The Balaban J connectivity index is 1.87. The number of hydrogen-bond donors (Lipinski definition) is 1. The van der Waals surface area contributed by atoms with Gasteiger partial charge in [-0.15, -0.1) is 0 Å². The van der Waals surface area contributed by atoms with E-state index < -0.39 is 0 Å². The summed E-state index contributed by atoms with van der Waals surface area (Å²) in [5.41, 5.74) is 4.27. The number of nitrogens with zero attached hydrogens (tertiary/aromatic N) is 2. The third kappa shape index (κ3) is 4.46. The summed E-state index contributed by atoms with van der Waals surface area (Å²) in [6.07, 6.45) is 1.76. The summed E-state index contributed by atoms with van der Waals surface area (Å²) in [4.78, 5) is 20.6. The number of anilines is 1. The van der Waals surface area contributed by atoms with E-state index in [4.69, 9.17) is 4.99 Å². The topological polar surface area (TPSA) is 52.9 Å². The summed E-state index contributed by atoms with van der Waals surface area (Å²) in [5, 5.41) is 10.9. The van der Waals surface area contributed by atoms with Crippen LogP contribution in [0.5, 0.6) is 5.75 Å². The monoisotopic (exact) mass is 634 g/mol. The van der Waals surface area contributed by atoms with Gasteiger partial charge in [-0.1, -0.05) is 52.3 Å². The van der Waals surface area contributed by atoms with Gasteiger partial charge < -0.3 is 5.11 Å². The number of aryl methyl sites for hydroxylation is 2. The maximum absolute atomic E-state index is 13.6. The first-order valence-corrected chi connectivity index (χ1v) is 12.8. The summed E-state index contributed by atoms with van der Waals surface area (Å²) in [7, 11) is 0. The molecule has 3 aromatic rings. The van der Waals surface area contributed by atoms with Crippen LogP contribution in [0.1, 0.15) is 16.7 Å². The van der Waals surface area contributed by atoms with Crippen molar-refractivity contribution in [2.24, 2.45) is 4.99 Å². The molecule has 4 rings (SSSR count). The Labute approximate surface area is 215 Å². The third-order valence-electron chi connectivity index (χ3n) is 4.95. The summed E-state index contributed by atoms with van der Waals surface area (Å²) >= 11 is 11.6. The Morgan fingerprint density at radius 1 is 0.969 bits per heavy atom. The molecule has 0 radical (unpaired) electrons. The lowest BCUT2D eigenvalue weighted by Gasteiger charge is -2.18. The van der Waals surface area contributed by atoms with Crippen molar-refractivity contribution in [3.05, 3.63) is 89.6 Å². The van der Waals surface area contributed by atoms with Crippen molar-refractivity contribution in [2.45, 2.75) is 13.8 Å². The summed E-state index contributed by atoms with van der Waals surface area (Å²) < 4.78 is 1.78. The van der Waals surface area contributed by atoms with Crippen LogP contribution in [0.2, 0.25) is 0 Å². The van der Waals surface area contributed by atoms with Gasteiger partial charge >= 0.3 is 0 Å². The number of rotatable bonds is 3. The van der Waals surface area contributed by atoms with Gasteiger partial charge in [0.15, 0.2) is 5.17 Å². The molecule has 4 nitrogen and oxygen atoms in total. The quantitative estimate of drug-likeness (QED) is 0.296. The lowest BCUT2D eigenvalue weighted by atomic mass is 10.1. The standard InChI is InChI=1S/C24H17Br3N2O2S/c1-13-7-3-5-9-18(13)28-24-29(19-10-6-4-8-14(19)2)23(31)20(32-24)11-15-16(25)12-17(26)22(30)21(15)27/h3-12,30H,1-2H3/b20-11-,28-24?. The molecular weight excluding hydrogens is 620 g/mol. The zero-order valence-electron chi connectivity index (χ0n) is 17.1. The fourth-order valence-electron chi connectivity index (χ4n) is 3.23. The predicted molar refractivity (Wildman–Crippen MR) is 144 cm³/mol. The number of amides is 1. The van der Waals surface area contributed by atoms with Gasteiger partial charge in [-0.05, 0) is 92.9 Å². The maximum atomic E-state index is 13.6. The Bertz CT molecular complexity index is 1300. The predicted octanol–water partition coefficient (Wildman–Crippen LogP) is 8.11. The smallest absolute Gasteiger partial charge is 0.271 e. The van der Waals surface area contributed by atoms with Crippen LogP contribution in [0.15, 0.2) is 77.9 Å². The molecule has 0 unspecified atom stereocenters. The van der Waals surface area contributed by atoms with Gasteiger partial charge in [-0.2, -0.15) is 0 Å². The summed E-state index contributed by atoms with van der Waals surface area (Å²) in [5.74, 6) is -0.0992. The summed E-state index contributed by atoms with van der Waals surface area (Å²) in [6, 6.07) is 17.3. The normalized spacial score (nSPS) is 16.4. The molecule has 0 aliphatic carbocycles. The molecule has 1 aliphatic heterocycles. The fraction of sp³-hybridized carbons (Fsp3) is 0.0833. The van der Waals surface area contributed by atoms with Crippen molar-refractivity contribution < 1.29 is 9.90 Å². The number of aliphatic imine (C=N–C) groups is 1. The molecule has 32 heavy (non-hydrogen) atoms. The fourth-order valence-corrected chi connectivity index (χ4v) is 6.54. The molecule has 1 amide bonds. The number of carbonyl (C=O) groups is 1. The zero-order chi connectivity index (χ0) is 23.0. The number of para-hydroxylation sites is 2. The molecule has 1 N–H and O–H groups in total. The highest BCUT2D eigenvalue weighted by Crippen LogP contribution is 2.44. The van der Waals surface area contributed by atoms with Gasteiger partial charge in [0.2, 0.25) is 0 Å². The first-order valence-electron chi connectivity index (χ1n) is 9.58. The number of aromatic hydroxyl groups is 1. The first kappa shape index (κ1) is 23.3. The molecule has 1 heterocycles. The number of phenols is 1. The second-order valence-electron chi connectivity index (χ2n) is 7.14. The number of benzene rings is 3. The van der Waals surface area contributed by atoms with Crippen LogP contribution >= 0.6 is 59.6 Å². The second-order valence-corrected chi connectivity index (χ2v) is 10.6. The highest BCUT2D eigenvalue weighted by atomic mass is 79.9. The van der Waals surface area contributed by atoms with Crippen molar-refractivity contribution in [3.63, 3.8) is 0 Å². The zero-order valence-corrected chi connectivity index (χ0v) is 22.6. The highest BCUT2D eigenvalue weighted by molar-refractivity contribution is 9.11. The van der Waals surface area contributed by atoms with Crippen LogP contribution in [-0.2, 0) is 4.79 Å². The SMILES string of the molecule is Cc1ccccc1N=C1S/C(=C\c2c(Br)cc(Br)c(O)c2Br)C(=O)N1c1ccccc1C. The number of thioether (sulfide) groups is 1. The van der Waals surface area contributed by atoms with Crippen LogP contribution in [0, 0.1) is 13.8 Å². The highest BCUT2D eigenvalue weighted by Gasteiger charge is 2.36. The molecule has 0 saturated carbocycles. The molecule has 1 fully saturated rings. The van der Waals surface area contributed by atoms with E-state index in [0.717, 1.165) is 27.0 Å². The minimum Gasteiger partial charge on any atom is -0.506 e. The number of hydrogen-bond acceptors (Lipinski definition) is 4. The van der Waals surface area contributed by atoms with Gasteiger partial charge in [-0.25, -0.2) is 4.99 Å². The molecule has 0 bridgehead atoms. The summed E-state index contributed by atoms with van der Waals surface area (Å²) in [6.45, 7) is 3.97. The van der Waals surface area contributed by atoms with E-state index in [0.29, 0.717) is 24.6 Å². The largest absolute Gasteiger partial charge is 0.506 e. The third-order valence-corrected chi connectivity index (χ3v) is 7.98. The Kier molecular flexibility index (Phi) is 6.95. The number of halogens is 3. The second kappa shape index (κ2) is 9.55. The van der Waals surface area contributed by atoms with Crippen LogP contribution in [0.3, 0.4) is 0 Å². The van der Waals surface area contributed by atoms with Crippen molar-refractivity contribution in [2.75, 3.05) is 4.90 Å². The van der Waals surface area contributed by atoms with Gasteiger partial charge in [0.25, 0.3) is 5.91 Å². The van der Waals surface area contributed by atoms with Gasteiger partial charge in [0.05, 0.1) is 25.2 Å². The van der Waals surface area contributed by atoms with E-state index >= 15 is 0 Å². The molecule has 8 heteroatoms. The molecule has 1 saturated heterocycles. The van der Waals surface area contributed by atoms with E-state index in [9.17, 15) is 9.90 Å². The van der Waals surface area contributed by atoms with E-state index in [-0.39, 0.29) is 11.7 Å². The van der Waals surface area contributed by atoms with Crippen LogP contribution < -0.4 is 4.90 Å². The van der Waals surface area contributed by atoms with Crippen molar-refractivity contribution in [3.8, 4) is 5.75 Å². The van der Waals surface area contributed by atoms with Crippen LogP contribution in [0.25, 0.3) is 6.08 Å². The van der Waals surface area contributed by atoms with Gasteiger partial charge in [-0.3, -0.25) is 9.69 Å².